The molecule has 0 bridgehead atoms. The lowest BCUT2D eigenvalue weighted by molar-refractivity contribution is -0.132. The van der Waals surface area contributed by atoms with Gasteiger partial charge in [-0.3, -0.25) is 4.79 Å². The summed E-state index contributed by atoms with van der Waals surface area (Å²) < 4.78 is 0. The molecule has 0 saturated carbocycles. The SMILES string of the molecule is CC(C)CNC(=O)N1CCCC(CC(=O)N(C)C(C)CC#N)C1. The van der Waals surface area contributed by atoms with Crippen molar-refractivity contribution in [2.75, 3.05) is 26.7 Å². The molecule has 1 rings (SSSR count). The number of amides is 3. The number of nitrogens with zero attached hydrogens (tertiary/aromatic N) is 3. The molecule has 130 valence electrons. The molecular formula is C17H30N4O2. The van der Waals surface area contributed by atoms with Crippen LogP contribution in [0.1, 0.15) is 46.5 Å². The van der Waals surface area contributed by atoms with Gasteiger partial charge >= 0.3 is 6.03 Å². The zero-order valence-corrected chi connectivity index (χ0v) is 14.8. The van der Waals surface area contributed by atoms with Crippen molar-refractivity contribution in [1.82, 2.24) is 15.1 Å². The van der Waals surface area contributed by atoms with E-state index in [2.05, 4.69) is 25.2 Å². The molecule has 6 heteroatoms. The molecule has 1 saturated heterocycles. The van der Waals surface area contributed by atoms with E-state index in [4.69, 9.17) is 5.26 Å². The Morgan fingerprint density at radius 3 is 2.70 bits per heavy atom. The highest BCUT2D eigenvalue weighted by molar-refractivity contribution is 5.77. The molecule has 1 N–H and O–H groups in total. The van der Waals surface area contributed by atoms with Gasteiger partial charge in [-0.2, -0.15) is 5.26 Å². The van der Waals surface area contributed by atoms with Crippen molar-refractivity contribution in [2.45, 2.75) is 52.5 Å². The van der Waals surface area contributed by atoms with E-state index in [0.29, 0.717) is 31.8 Å². The fourth-order valence-electron chi connectivity index (χ4n) is 2.73. The Morgan fingerprint density at radius 2 is 2.09 bits per heavy atom. The van der Waals surface area contributed by atoms with Crippen molar-refractivity contribution in [2.24, 2.45) is 11.8 Å². The van der Waals surface area contributed by atoms with Crippen LogP contribution in [0.25, 0.3) is 0 Å². The molecular weight excluding hydrogens is 292 g/mol. The van der Waals surface area contributed by atoms with Crippen LogP contribution in [0.5, 0.6) is 0 Å². The quantitative estimate of drug-likeness (QED) is 0.814. The number of likely N-dealkylation sites (tertiary alicyclic amines) is 1. The number of urea groups is 1. The molecule has 0 aromatic carbocycles. The minimum Gasteiger partial charge on any atom is -0.342 e. The Bertz CT molecular complexity index is 444. The van der Waals surface area contributed by atoms with Crippen molar-refractivity contribution in [1.29, 1.82) is 5.26 Å². The normalized spacial score (nSPS) is 19.1. The van der Waals surface area contributed by atoms with Gasteiger partial charge in [-0.15, -0.1) is 0 Å². The van der Waals surface area contributed by atoms with Crippen LogP contribution in [0.2, 0.25) is 0 Å². The third-order valence-electron chi connectivity index (χ3n) is 4.37. The number of nitrogens with one attached hydrogen (secondary N) is 1. The molecule has 0 spiro atoms. The van der Waals surface area contributed by atoms with Crippen molar-refractivity contribution < 1.29 is 9.59 Å². The van der Waals surface area contributed by atoms with Gasteiger partial charge in [0.2, 0.25) is 5.91 Å². The molecule has 2 unspecified atom stereocenters. The standard InChI is InChI=1S/C17H30N4O2/c1-13(2)11-19-17(23)21-9-5-6-15(12-21)10-16(22)20(4)14(3)7-8-18/h13-15H,5-7,9-12H2,1-4H3,(H,19,23). The molecule has 6 nitrogen and oxygen atoms in total. The lowest BCUT2D eigenvalue weighted by Gasteiger charge is -2.34. The van der Waals surface area contributed by atoms with Crippen LogP contribution >= 0.6 is 0 Å². The van der Waals surface area contributed by atoms with Gasteiger partial charge in [0.1, 0.15) is 0 Å². The summed E-state index contributed by atoms with van der Waals surface area (Å²) in [7, 11) is 1.75. The summed E-state index contributed by atoms with van der Waals surface area (Å²) in [5, 5.41) is 11.7. The van der Waals surface area contributed by atoms with Crippen LogP contribution in [-0.2, 0) is 4.79 Å². The number of nitriles is 1. The number of carbonyl (C=O) groups excluding carboxylic acids is 2. The zero-order chi connectivity index (χ0) is 17.4. The van der Waals surface area contributed by atoms with Crippen LogP contribution in [0.15, 0.2) is 0 Å². The summed E-state index contributed by atoms with van der Waals surface area (Å²) in [4.78, 5) is 27.9. The average molecular weight is 322 g/mol. The first-order valence-electron chi connectivity index (χ1n) is 8.50. The lowest BCUT2D eigenvalue weighted by atomic mass is 9.94. The van der Waals surface area contributed by atoms with Crippen LogP contribution in [0.4, 0.5) is 4.79 Å². The second-order valence-corrected chi connectivity index (χ2v) is 6.95. The summed E-state index contributed by atoms with van der Waals surface area (Å²) in [5.74, 6) is 0.691. The molecule has 23 heavy (non-hydrogen) atoms. The fraction of sp³-hybridized carbons (Fsp3) is 0.824. The van der Waals surface area contributed by atoms with Crippen molar-refractivity contribution in [3.63, 3.8) is 0 Å². The van der Waals surface area contributed by atoms with E-state index in [1.807, 2.05) is 11.8 Å². The maximum atomic E-state index is 12.3. The number of piperidine rings is 1. The first kappa shape index (κ1) is 19.3. The fourth-order valence-corrected chi connectivity index (χ4v) is 2.73. The van der Waals surface area contributed by atoms with Gasteiger partial charge in [0.25, 0.3) is 0 Å². The van der Waals surface area contributed by atoms with E-state index < -0.39 is 0 Å². The first-order chi connectivity index (χ1) is 10.8. The minimum atomic E-state index is -0.0680. The van der Waals surface area contributed by atoms with Gasteiger partial charge in [-0.05, 0) is 31.6 Å². The molecule has 1 aliphatic heterocycles. The Labute approximate surface area is 139 Å². The molecule has 0 aromatic heterocycles. The largest absolute Gasteiger partial charge is 0.342 e. The number of rotatable bonds is 6. The summed E-state index contributed by atoms with van der Waals surface area (Å²) >= 11 is 0. The lowest BCUT2D eigenvalue weighted by Crippen LogP contribution is -2.47. The zero-order valence-electron chi connectivity index (χ0n) is 14.8. The second-order valence-electron chi connectivity index (χ2n) is 6.95. The predicted molar refractivity (Wildman–Crippen MR) is 89.6 cm³/mol. The highest BCUT2D eigenvalue weighted by Crippen LogP contribution is 2.21. The molecule has 0 radical (unpaired) electrons. The van der Waals surface area contributed by atoms with Crippen molar-refractivity contribution in [3.8, 4) is 6.07 Å². The highest BCUT2D eigenvalue weighted by Gasteiger charge is 2.27. The third kappa shape index (κ3) is 6.47. The first-order valence-corrected chi connectivity index (χ1v) is 8.50. The maximum Gasteiger partial charge on any atom is 0.317 e. The highest BCUT2D eigenvalue weighted by atomic mass is 16.2. The summed E-state index contributed by atoms with van der Waals surface area (Å²) in [6.07, 6.45) is 2.70. The maximum absolute atomic E-state index is 12.3. The molecule has 1 fully saturated rings. The Kier molecular flexibility index (Phi) is 7.87. The minimum absolute atomic E-state index is 0.0259. The van der Waals surface area contributed by atoms with E-state index in [9.17, 15) is 9.59 Å². The van der Waals surface area contributed by atoms with Gasteiger partial charge in [0.05, 0.1) is 12.5 Å². The summed E-state index contributed by atoms with van der Waals surface area (Å²) in [5.41, 5.74) is 0. The Balaban J connectivity index is 2.47. The average Bonchev–Trinajstić information content (AvgIpc) is 2.52. The van der Waals surface area contributed by atoms with E-state index in [1.165, 1.54) is 0 Å². The van der Waals surface area contributed by atoms with Gasteiger partial charge in [-0.25, -0.2) is 4.79 Å². The molecule has 0 aromatic rings. The van der Waals surface area contributed by atoms with Crippen molar-refractivity contribution in [3.05, 3.63) is 0 Å². The van der Waals surface area contributed by atoms with Crippen molar-refractivity contribution >= 4 is 11.9 Å². The van der Waals surface area contributed by atoms with Crippen LogP contribution in [-0.4, -0.2) is 54.5 Å². The van der Waals surface area contributed by atoms with Crippen LogP contribution in [0, 0.1) is 23.2 Å². The predicted octanol–water partition coefficient (Wildman–Crippen LogP) is 2.21. The van der Waals surface area contributed by atoms with E-state index >= 15 is 0 Å². The Morgan fingerprint density at radius 1 is 1.39 bits per heavy atom. The number of hydrogen-bond donors (Lipinski definition) is 1. The van der Waals surface area contributed by atoms with Gasteiger partial charge in [0, 0.05) is 39.1 Å². The van der Waals surface area contributed by atoms with Gasteiger partial charge in [-0.1, -0.05) is 13.8 Å². The molecule has 2 atom stereocenters. The second kappa shape index (κ2) is 9.39. The monoisotopic (exact) mass is 322 g/mol. The van der Waals surface area contributed by atoms with E-state index in [-0.39, 0.29) is 23.9 Å². The molecule has 1 heterocycles. The smallest absolute Gasteiger partial charge is 0.317 e. The summed E-state index contributed by atoms with van der Waals surface area (Å²) in [6.45, 7) is 8.08. The number of carbonyl (C=O) groups is 2. The molecule has 1 aliphatic rings. The number of hydrogen-bond acceptors (Lipinski definition) is 3. The topological polar surface area (TPSA) is 76.4 Å². The van der Waals surface area contributed by atoms with Crippen LogP contribution < -0.4 is 5.32 Å². The van der Waals surface area contributed by atoms with Gasteiger partial charge < -0.3 is 15.1 Å². The van der Waals surface area contributed by atoms with E-state index in [1.54, 1.807) is 11.9 Å². The Hall–Kier alpha value is -1.77. The van der Waals surface area contributed by atoms with Gasteiger partial charge in [0.15, 0.2) is 0 Å². The van der Waals surface area contributed by atoms with E-state index in [0.717, 1.165) is 19.4 Å². The summed E-state index contributed by atoms with van der Waals surface area (Å²) in [6, 6.07) is 2.00. The third-order valence-corrected chi connectivity index (χ3v) is 4.37. The molecule has 3 amide bonds. The molecule has 0 aliphatic carbocycles. The van der Waals surface area contributed by atoms with Crippen LogP contribution in [0.3, 0.4) is 0 Å².